The molecule has 32 heavy (non-hydrogen) atoms. The Morgan fingerprint density at radius 1 is 0.969 bits per heavy atom. The van der Waals surface area contributed by atoms with E-state index in [4.69, 9.17) is 38.7 Å². The summed E-state index contributed by atoms with van der Waals surface area (Å²) in [7, 11) is 3.00. The molecule has 0 bridgehead atoms. The van der Waals surface area contributed by atoms with Gasteiger partial charge in [0.05, 0.1) is 12.2 Å². The summed E-state index contributed by atoms with van der Waals surface area (Å²) in [4.78, 5) is 12.0. The van der Waals surface area contributed by atoms with Crippen molar-refractivity contribution in [3.63, 3.8) is 0 Å². The van der Waals surface area contributed by atoms with Crippen LogP contribution in [0.2, 0.25) is 0 Å². The molecule has 0 aliphatic carbocycles. The molecule has 1 heterocycles. The highest BCUT2D eigenvalue weighted by atomic mass is 16.7. The van der Waals surface area contributed by atoms with Crippen molar-refractivity contribution in [2.75, 3.05) is 40.1 Å². The Morgan fingerprint density at radius 2 is 1.66 bits per heavy atom. The Balaban J connectivity index is 2.09. The Morgan fingerprint density at radius 3 is 2.34 bits per heavy atom. The van der Waals surface area contributed by atoms with E-state index < -0.39 is 5.97 Å². The molecule has 0 aliphatic heterocycles. The summed E-state index contributed by atoms with van der Waals surface area (Å²) in [6, 6.07) is 11.5. The minimum Gasteiger partial charge on any atom is -0.467 e. The van der Waals surface area contributed by atoms with Crippen LogP contribution in [0.15, 0.2) is 47.0 Å². The van der Waals surface area contributed by atoms with Crippen LogP contribution in [0.5, 0.6) is 23.0 Å². The lowest BCUT2D eigenvalue weighted by Crippen LogP contribution is -2.04. The van der Waals surface area contributed by atoms with Gasteiger partial charge in [-0.15, -0.1) is 0 Å². The molecule has 2 N–H and O–H groups in total. The van der Waals surface area contributed by atoms with Crippen LogP contribution in [0.3, 0.4) is 0 Å². The number of carbonyl (C=O) groups is 1. The van der Waals surface area contributed by atoms with E-state index in [1.807, 2.05) is 0 Å². The third-order valence-electron chi connectivity index (χ3n) is 4.07. The van der Waals surface area contributed by atoms with Gasteiger partial charge in [-0.1, -0.05) is 5.16 Å². The second kappa shape index (κ2) is 11.0. The quantitative estimate of drug-likeness (QED) is 0.265. The fraction of sp³-hybridized carbons (Fsp3) is 0.273. The summed E-state index contributed by atoms with van der Waals surface area (Å²) in [5.41, 5.74) is 7.07. The summed E-state index contributed by atoms with van der Waals surface area (Å²) in [5.74, 6) is 0.898. The van der Waals surface area contributed by atoms with Crippen LogP contribution in [0, 0.1) is 0 Å². The Bertz CT molecular complexity index is 1030. The van der Waals surface area contributed by atoms with Gasteiger partial charge in [0.25, 0.3) is 0 Å². The number of nitrogens with zero attached hydrogens (tertiary/aromatic N) is 1. The zero-order chi connectivity index (χ0) is 22.9. The second-order valence-electron chi connectivity index (χ2n) is 6.36. The van der Waals surface area contributed by atoms with Gasteiger partial charge in [-0.3, -0.25) is 0 Å². The second-order valence-corrected chi connectivity index (χ2v) is 6.36. The van der Waals surface area contributed by atoms with E-state index >= 15 is 0 Å². The molecule has 3 aromatic rings. The van der Waals surface area contributed by atoms with Gasteiger partial charge in [0.15, 0.2) is 13.6 Å². The number of nitrogen functional groups attached to an aromatic ring is 1. The van der Waals surface area contributed by atoms with Crippen molar-refractivity contribution in [3.8, 4) is 34.3 Å². The maximum atomic E-state index is 12.0. The van der Waals surface area contributed by atoms with Crippen LogP contribution in [-0.4, -0.2) is 45.5 Å². The zero-order valence-electron chi connectivity index (χ0n) is 18.0. The predicted octanol–water partition coefficient (Wildman–Crippen LogP) is 3.86. The number of benzene rings is 2. The normalized spacial score (nSPS) is 10.6. The number of anilines is 1. The van der Waals surface area contributed by atoms with Crippen LogP contribution < -0.4 is 19.9 Å². The number of methoxy groups -OCH3 is 2. The number of aromatic nitrogens is 1. The van der Waals surface area contributed by atoms with Gasteiger partial charge >= 0.3 is 5.97 Å². The summed E-state index contributed by atoms with van der Waals surface area (Å²) < 4.78 is 37.6. The van der Waals surface area contributed by atoms with E-state index in [2.05, 4.69) is 5.16 Å². The van der Waals surface area contributed by atoms with Crippen molar-refractivity contribution in [1.82, 2.24) is 5.16 Å². The van der Waals surface area contributed by atoms with Crippen molar-refractivity contribution in [1.29, 1.82) is 0 Å². The van der Waals surface area contributed by atoms with Crippen LogP contribution in [-0.2, 0) is 14.2 Å². The molecule has 0 saturated heterocycles. The highest BCUT2D eigenvalue weighted by molar-refractivity contribution is 5.88. The smallest absolute Gasteiger partial charge is 0.377 e. The molecule has 3 rings (SSSR count). The van der Waals surface area contributed by atoms with Gasteiger partial charge in [0.2, 0.25) is 5.76 Å². The SMILES string of the molecule is CCOC(=O)c1cc(-c2c(OCOC)cc(OCOC)cc2Oc2ccc(N)cc2)no1. The monoisotopic (exact) mass is 444 g/mol. The van der Waals surface area contributed by atoms with Crippen LogP contribution in [0.4, 0.5) is 5.69 Å². The molecule has 0 aliphatic rings. The van der Waals surface area contributed by atoms with Gasteiger partial charge in [0, 0.05) is 38.1 Å². The maximum absolute atomic E-state index is 12.0. The molecule has 0 fully saturated rings. The molecule has 10 heteroatoms. The first-order valence-corrected chi connectivity index (χ1v) is 9.64. The number of hydrogen-bond donors (Lipinski definition) is 1. The third-order valence-corrected chi connectivity index (χ3v) is 4.07. The molecule has 170 valence electrons. The van der Waals surface area contributed by atoms with Gasteiger partial charge in [-0.25, -0.2) is 4.79 Å². The highest BCUT2D eigenvalue weighted by Crippen LogP contribution is 2.43. The number of hydrogen-bond acceptors (Lipinski definition) is 10. The lowest BCUT2D eigenvalue weighted by atomic mass is 10.1. The summed E-state index contributed by atoms with van der Waals surface area (Å²) in [5, 5.41) is 4.00. The number of ether oxygens (including phenoxy) is 6. The van der Waals surface area contributed by atoms with Gasteiger partial charge in [-0.2, -0.15) is 0 Å². The number of nitrogens with two attached hydrogens (primary N) is 1. The van der Waals surface area contributed by atoms with Crippen LogP contribution in [0.1, 0.15) is 17.5 Å². The average molecular weight is 444 g/mol. The molecule has 0 atom stereocenters. The summed E-state index contributed by atoms with van der Waals surface area (Å²) >= 11 is 0. The van der Waals surface area contributed by atoms with E-state index in [0.717, 1.165) is 0 Å². The molecule has 0 unspecified atom stereocenters. The van der Waals surface area contributed by atoms with Gasteiger partial charge < -0.3 is 38.7 Å². The first-order chi connectivity index (χ1) is 15.5. The molecule has 1 aromatic heterocycles. The van der Waals surface area contributed by atoms with Crippen molar-refractivity contribution in [2.45, 2.75) is 6.92 Å². The van der Waals surface area contributed by atoms with E-state index in [9.17, 15) is 4.79 Å². The predicted molar refractivity (Wildman–Crippen MR) is 114 cm³/mol. The number of esters is 1. The lowest BCUT2D eigenvalue weighted by molar-refractivity contribution is 0.0460. The molecular weight excluding hydrogens is 420 g/mol. The Labute approximate surface area is 184 Å². The standard InChI is InChI=1S/C22H24N2O8/c1-4-28-22(25)20-11-17(24-32-20)21-18(30-13-27-3)9-16(29-12-26-2)10-19(21)31-15-7-5-14(23)6-8-15/h5-11H,4,12-13,23H2,1-3H3. The van der Waals surface area contributed by atoms with E-state index in [0.29, 0.717) is 39.9 Å². The van der Waals surface area contributed by atoms with E-state index in [-0.39, 0.29) is 26.0 Å². The molecule has 0 radical (unpaired) electrons. The fourth-order valence-corrected chi connectivity index (χ4v) is 2.70. The molecule has 2 aromatic carbocycles. The van der Waals surface area contributed by atoms with E-state index in [1.165, 1.54) is 20.3 Å². The zero-order valence-corrected chi connectivity index (χ0v) is 18.0. The van der Waals surface area contributed by atoms with Crippen LogP contribution >= 0.6 is 0 Å². The Hall–Kier alpha value is -3.76. The molecule has 10 nitrogen and oxygen atoms in total. The summed E-state index contributed by atoms with van der Waals surface area (Å²) in [6.07, 6.45) is 0. The number of carbonyl (C=O) groups excluding carboxylic acids is 1. The minimum atomic E-state index is -0.633. The maximum Gasteiger partial charge on any atom is 0.377 e. The third kappa shape index (κ3) is 5.68. The first kappa shape index (κ1) is 22.9. The summed E-state index contributed by atoms with van der Waals surface area (Å²) in [6.45, 7) is 1.86. The molecular formula is C22H24N2O8. The molecule has 0 saturated carbocycles. The topological polar surface area (TPSA) is 125 Å². The molecule has 0 spiro atoms. The van der Waals surface area contributed by atoms with Crippen LogP contribution in [0.25, 0.3) is 11.3 Å². The largest absolute Gasteiger partial charge is 0.467 e. The lowest BCUT2D eigenvalue weighted by Gasteiger charge is -2.17. The van der Waals surface area contributed by atoms with Gasteiger partial charge in [-0.05, 0) is 31.2 Å². The van der Waals surface area contributed by atoms with Gasteiger partial charge in [0.1, 0.15) is 28.7 Å². The van der Waals surface area contributed by atoms with E-state index in [1.54, 1.807) is 43.3 Å². The number of rotatable bonds is 11. The molecule has 0 amide bonds. The first-order valence-electron chi connectivity index (χ1n) is 9.64. The Kier molecular flexibility index (Phi) is 7.90. The fourth-order valence-electron chi connectivity index (χ4n) is 2.70. The van der Waals surface area contributed by atoms with Crippen molar-refractivity contribution < 1.29 is 37.7 Å². The van der Waals surface area contributed by atoms with Crippen molar-refractivity contribution >= 4 is 11.7 Å². The highest BCUT2D eigenvalue weighted by Gasteiger charge is 2.23. The van der Waals surface area contributed by atoms with Crippen molar-refractivity contribution in [3.05, 3.63) is 48.2 Å². The average Bonchev–Trinajstić information content (AvgIpc) is 3.27. The minimum absolute atomic E-state index is 0.0152. The van der Waals surface area contributed by atoms with Crippen molar-refractivity contribution in [2.24, 2.45) is 0 Å².